The van der Waals surface area contributed by atoms with Crippen LogP contribution in [0.2, 0.25) is 0 Å². The summed E-state index contributed by atoms with van der Waals surface area (Å²) in [5.74, 6) is 0.167. The number of nitriles is 1. The number of methoxy groups -OCH3 is 1. The third-order valence-electron chi connectivity index (χ3n) is 2.95. The number of esters is 1. The van der Waals surface area contributed by atoms with Crippen LogP contribution in [-0.2, 0) is 9.53 Å². The van der Waals surface area contributed by atoms with Gasteiger partial charge in [-0.3, -0.25) is 0 Å². The summed E-state index contributed by atoms with van der Waals surface area (Å²) in [4.78, 5) is 11.9. The van der Waals surface area contributed by atoms with Gasteiger partial charge in [0.25, 0.3) is 0 Å². The molecule has 0 aliphatic heterocycles. The van der Waals surface area contributed by atoms with Gasteiger partial charge in [0.15, 0.2) is 0 Å². The summed E-state index contributed by atoms with van der Waals surface area (Å²) in [6.45, 7) is 4.09. The van der Waals surface area contributed by atoms with E-state index < -0.39 is 5.97 Å². The largest absolute Gasteiger partial charge is 0.497 e. The second-order valence-electron chi connectivity index (χ2n) is 4.33. The quantitative estimate of drug-likeness (QED) is 0.345. The van der Waals surface area contributed by atoms with Crippen LogP contribution in [-0.4, -0.2) is 19.7 Å². The highest BCUT2D eigenvalue weighted by atomic mass is 16.5. The van der Waals surface area contributed by atoms with Gasteiger partial charge in [0.1, 0.15) is 17.4 Å². The first kappa shape index (κ1) is 15.8. The van der Waals surface area contributed by atoms with Crippen molar-refractivity contribution in [3.8, 4) is 11.8 Å². The van der Waals surface area contributed by atoms with Gasteiger partial charge in [0, 0.05) is 0 Å². The lowest BCUT2D eigenvalue weighted by atomic mass is 10.0. The van der Waals surface area contributed by atoms with Gasteiger partial charge in [0.2, 0.25) is 0 Å². The topological polar surface area (TPSA) is 59.3 Å². The summed E-state index contributed by atoms with van der Waals surface area (Å²) >= 11 is 0. The second kappa shape index (κ2) is 8.00. The van der Waals surface area contributed by atoms with E-state index in [0.29, 0.717) is 12.2 Å². The standard InChI is InChI=1S/C16H19NO3/c1-4-5-10-20-16(18)15(11-17)12(2)13-6-8-14(19-3)9-7-13/h6-9H,4-5,10H2,1-3H3/b15-12+. The van der Waals surface area contributed by atoms with Crippen LogP contribution in [0.25, 0.3) is 5.57 Å². The Balaban J connectivity index is 2.93. The van der Waals surface area contributed by atoms with Crippen LogP contribution in [0.3, 0.4) is 0 Å². The number of carbonyl (C=O) groups is 1. The molecule has 0 atom stereocenters. The van der Waals surface area contributed by atoms with Crippen molar-refractivity contribution in [2.24, 2.45) is 0 Å². The van der Waals surface area contributed by atoms with E-state index in [1.54, 1.807) is 26.2 Å². The molecule has 0 aliphatic rings. The highest BCUT2D eigenvalue weighted by molar-refractivity contribution is 6.01. The van der Waals surface area contributed by atoms with E-state index in [1.807, 2.05) is 25.1 Å². The molecular formula is C16H19NO3. The van der Waals surface area contributed by atoms with Gasteiger partial charge in [-0.2, -0.15) is 5.26 Å². The van der Waals surface area contributed by atoms with Gasteiger partial charge >= 0.3 is 5.97 Å². The molecule has 1 aromatic carbocycles. The number of unbranched alkanes of at least 4 members (excludes halogenated alkanes) is 1. The molecule has 0 fully saturated rings. The summed E-state index contributed by atoms with van der Waals surface area (Å²) in [7, 11) is 1.59. The Kier molecular flexibility index (Phi) is 6.31. The number of hydrogen-bond acceptors (Lipinski definition) is 4. The predicted octanol–water partition coefficient (Wildman–Crippen LogP) is 3.34. The fourth-order valence-electron chi connectivity index (χ4n) is 1.65. The lowest BCUT2D eigenvalue weighted by molar-refractivity contribution is -0.138. The summed E-state index contributed by atoms with van der Waals surface area (Å²) < 4.78 is 10.2. The first-order chi connectivity index (χ1) is 9.63. The number of carbonyl (C=O) groups excluding carboxylic acids is 1. The summed E-state index contributed by atoms with van der Waals surface area (Å²) in [5.41, 5.74) is 1.46. The van der Waals surface area contributed by atoms with Crippen molar-refractivity contribution in [3.63, 3.8) is 0 Å². The van der Waals surface area contributed by atoms with Crippen LogP contribution >= 0.6 is 0 Å². The van der Waals surface area contributed by atoms with Crippen molar-refractivity contribution < 1.29 is 14.3 Å². The summed E-state index contributed by atoms with van der Waals surface area (Å²) in [5, 5.41) is 9.15. The van der Waals surface area contributed by atoms with Gasteiger partial charge in [-0.25, -0.2) is 4.79 Å². The van der Waals surface area contributed by atoms with E-state index in [0.717, 1.165) is 24.2 Å². The number of allylic oxidation sites excluding steroid dienone is 1. The van der Waals surface area contributed by atoms with E-state index >= 15 is 0 Å². The maximum Gasteiger partial charge on any atom is 0.349 e. The third kappa shape index (κ3) is 4.13. The maximum atomic E-state index is 11.9. The summed E-state index contributed by atoms with van der Waals surface area (Å²) in [6, 6.07) is 9.13. The van der Waals surface area contributed by atoms with Crippen molar-refractivity contribution >= 4 is 11.5 Å². The molecular weight excluding hydrogens is 254 g/mol. The van der Waals surface area contributed by atoms with Crippen LogP contribution in [0.15, 0.2) is 29.8 Å². The molecule has 0 amide bonds. The predicted molar refractivity (Wildman–Crippen MR) is 77.1 cm³/mol. The van der Waals surface area contributed by atoms with E-state index in [1.165, 1.54) is 0 Å². The van der Waals surface area contributed by atoms with Crippen molar-refractivity contribution in [3.05, 3.63) is 35.4 Å². The van der Waals surface area contributed by atoms with Crippen LogP contribution in [0.1, 0.15) is 32.3 Å². The van der Waals surface area contributed by atoms with E-state index in [-0.39, 0.29) is 5.57 Å². The van der Waals surface area contributed by atoms with Gasteiger partial charge in [-0.15, -0.1) is 0 Å². The van der Waals surface area contributed by atoms with Crippen molar-refractivity contribution in [1.82, 2.24) is 0 Å². The SMILES string of the molecule is CCCCOC(=O)/C(C#N)=C(\C)c1ccc(OC)cc1. The maximum absolute atomic E-state index is 11.9. The molecule has 1 aromatic rings. The van der Waals surface area contributed by atoms with Crippen molar-refractivity contribution in [1.29, 1.82) is 5.26 Å². The Morgan fingerprint density at radius 1 is 1.30 bits per heavy atom. The van der Waals surface area contributed by atoms with Gasteiger partial charge in [-0.05, 0) is 36.6 Å². The van der Waals surface area contributed by atoms with Crippen LogP contribution in [0.5, 0.6) is 5.75 Å². The molecule has 0 aromatic heterocycles. The molecule has 0 saturated carbocycles. The number of nitrogens with zero attached hydrogens (tertiary/aromatic N) is 1. The minimum atomic E-state index is -0.561. The Morgan fingerprint density at radius 3 is 2.45 bits per heavy atom. The first-order valence-electron chi connectivity index (χ1n) is 6.56. The van der Waals surface area contributed by atoms with Gasteiger partial charge in [0.05, 0.1) is 13.7 Å². The minimum Gasteiger partial charge on any atom is -0.497 e. The number of rotatable bonds is 6. The zero-order valence-electron chi connectivity index (χ0n) is 12.1. The normalized spacial score (nSPS) is 11.3. The molecule has 0 bridgehead atoms. The molecule has 0 spiro atoms. The molecule has 1 rings (SSSR count). The molecule has 4 nitrogen and oxygen atoms in total. The van der Waals surface area contributed by atoms with E-state index in [2.05, 4.69) is 0 Å². The third-order valence-corrected chi connectivity index (χ3v) is 2.95. The Hall–Kier alpha value is -2.28. The molecule has 106 valence electrons. The van der Waals surface area contributed by atoms with Crippen LogP contribution in [0.4, 0.5) is 0 Å². The van der Waals surface area contributed by atoms with Crippen LogP contribution in [0, 0.1) is 11.3 Å². The number of hydrogen-bond donors (Lipinski definition) is 0. The smallest absolute Gasteiger partial charge is 0.349 e. The van der Waals surface area contributed by atoms with Crippen LogP contribution < -0.4 is 4.74 Å². The monoisotopic (exact) mass is 273 g/mol. The molecule has 20 heavy (non-hydrogen) atoms. The minimum absolute atomic E-state index is 0.0475. The number of ether oxygens (including phenoxy) is 2. The zero-order chi connectivity index (χ0) is 15.0. The molecule has 0 unspecified atom stereocenters. The molecule has 4 heteroatoms. The zero-order valence-corrected chi connectivity index (χ0v) is 12.1. The van der Waals surface area contributed by atoms with Crippen molar-refractivity contribution in [2.75, 3.05) is 13.7 Å². The highest BCUT2D eigenvalue weighted by Crippen LogP contribution is 2.21. The Morgan fingerprint density at radius 2 is 1.95 bits per heavy atom. The average molecular weight is 273 g/mol. The fourth-order valence-corrected chi connectivity index (χ4v) is 1.65. The second-order valence-corrected chi connectivity index (χ2v) is 4.33. The molecule has 0 N–H and O–H groups in total. The Bertz CT molecular complexity index is 524. The van der Waals surface area contributed by atoms with E-state index in [9.17, 15) is 4.79 Å². The molecule has 0 aliphatic carbocycles. The number of benzene rings is 1. The molecule has 0 radical (unpaired) electrons. The summed E-state index contributed by atoms with van der Waals surface area (Å²) in [6.07, 6.45) is 1.74. The molecule has 0 heterocycles. The van der Waals surface area contributed by atoms with Gasteiger partial charge < -0.3 is 9.47 Å². The lowest BCUT2D eigenvalue weighted by Gasteiger charge is -2.07. The van der Waals surface area contributed by atoms with Gasteiger partial charge in [-0.1, -0.05) is 25.5 Å². The average Bonchev–Trinajstić information content (AvgIpc) is 2.48. The fraction of sp³-hybridized carbons (Fsp3) is 0.375. The Labute approximate surface area is 119 Å². The van der Waals surface area contributed by atoms with E-state index in [4.69, 9.17) is 14.7 Å². The van der Waals surface area contributed by atoms with Crippen molar-refractivity contribution in [2.45, 2.75) is 26.7 Å². The lowest BCUT2D eigenvalue weighted by Crippen LogP contribution is -2.09. The first-order valence-corrected chi connectivity index (χ1v) is 6.56. The molecule has 0 saturated heterocycles. The highest BCUT2D eigenvalue weighted by Gasteiger charge is 2.15.